The van der Waals surface area contributed by atoms with Crippen molar-refractivity contribution in [2.24, 2.45) is 5.92 Å². The Hall–Kier alpha value is -1.33. The molecule has 1 aromatic rings. The molecule has 1 aromatic carbocycles. The minimum absolute atomic E-state index is 0.405. The van der Waals surface area contributed by atoms with Gasteiger partial charge in [0.05, 0.1) is 17.7 Å². The Morgan fingerprint density at radius 2 is 1.75 bits per heavy atom. The van der Waals surface area contributed by atoms with Crippen LogP contribution in [-0.2, 0) is 0 Å². The summed E-state index contributed by atoms with van der Waals surface area (Å²) in [5.74, 6) is 0.575. The lowest BCUT2D eigenvalue weighted by Crippen LogP contribution is -2.05. The van der Waals surface area contributed by atoms with Gasteiger partial charge in [0.1, 0.15) is 0 Å². The van der Waals surface area contributed by atoms with Crippen LogP contribution < -0.4 is 0 Å². The zero-order valence-corrected chi connectivity index (χ0v) is 9.98. The molecule has 0 aliphatic carbocycles. The highest BCUT2D eigenvalue weighted by atomic mass is 16.3. The van der Waals surface area contributed by atoms with Gasteiger partial charge in [0, 0.05) is 0 Å². The second-order valence-corrected chi connectivity index (χ2v) is 4.17. The first-order chi connectivity index (χ1) is 7.71. The van der Waals surface area contributed by atoms with Crippen LogP contribution in [0.15, 0.2) is 24.3 Å². The summed E-state index contributed by atoms with van der Waals surface area (Å²) in [4.78, 5) is 0. The maximum absolute atomic E-state index is 10.0. The molecule has 2 nitrogen and oxygen atoms in total. The summed E-state index contributed by atoms with van der Waals surface area (Å²) < 4.78 is 0. The Kier molecular flexibility index (Phi) is 5.01. The van der Waals surface area contributed by atoms with Gasteiger partial charge in [-0.05, 0) is 30.0 Å². The lowest BCUT2D eigenvalue weighted by atomic mass is 9.92. The summed E-state index contributed by atoms with van der Waals surface area (Å²) >= 11 is 0. The molecule has 16 heavy (non-hydrogen) atoms. The molecule has 0 fully saturated rings. The summed E-state index contributed by atoms with van der Waals surface area (Å²) in [6.45, 7) is 4.30. The van der Waals surface area contributed by atoms with Crippen molar-refractivity contribution in [3.63, 3.8) is 0 Å². The fraction of sp³-hybridized carbons (Fsp3) is 0.500. The third-order valence-corrected chi connectivity index (χ3v) is 3.14. The lowest BCUT2D eigenvalue weighted by Gasteiger charge is -2.17. The standard InChI is InChI=1S/C14H19NO/c1-3-11(4-2)9-14(16)13-7-5-12(10-15)6-8-13/h5-8,11,14,16H,3-4,9H2,1-2H3. The van der Waals surface area contributed by atoms with Crippen molar-refractivity contribution in [1.82, 2.24) is 0 Å². The molecule has 0 aliphatic rings. The average Bonchev–Trinajstić information content (AvgIpc) is 2.35. The number of aliphatic hydroxyl groups excluding tert-OH is 1. The molecule has 0 saturated carbocycles. The van der Waals surface area contributed by atoms with Crippen LogP contribution in [0.1, 0.15) is 50.3 Å². The van der Waals surface area contributed by atoms with Crippen LogP contribution in [0.5, 0.6) is 0 Å². The Morgan fingerprint density at radius 1 is 1.19 bits per heavy atom. The van der Waals surface area contributed by atoms with E-state index in [4.69, 9.17) is 5.26 Å². The van der Waals surface area contributed by atoms with Crippen molar-refractivity contribution in [2.45, 2.75) is 39.2 Å². The molecule has 0 aromatic heterocycles. The number of nitrogens with zero attached hydrogens (tertiary/aromatic N) is 1. The predicted octanol–water partition coefficient (Wildman–Crippen LogP) is 3.42. The quantitative estimate of drug-likeness (QED) is 0.821. The fourth-order valence-corrected chi connectivity index (χ4v) is 1.85. The molecule has 0 amide bonds. The van der Waals surface area contributed by atoms with E-state index in [0.29, 0.717) is 11.5 Å². The van der Waals surface area contributed by atoms with Crippen LogP contribution in [0, 0.1) is 17.2 Å². The van der Waals surface area contributed by atoms with E-state index in [-0.39, 0.29) is 0 Å². The smallest absolute Gasteiger partial charge is 0.0991 e. The molecule has 0 heterocycles. The number of nitriles is 1. The van der Waals surface area contributed by atoms with Crippen LogP contribution in [0.4, 0.5) is 0 Å². The topological polar surface area (TPSA) is 44.0 Å². The van der Waals surface area contributed by atoms with Crippen molar-refractivity contribution in [3.05, 3.63) is 35.4 Å². The Bertz CT molecular complexity index is 346. The van der Waals surface area contributed by atoms with E-state index in [1.54, 1.807) is 12.1 Å². The lowest BCUT2D eigenvalue weighted by molar-refractivity contribution is 0.141. The third-order valence-electron chi connectivity index (χ3n) is 3.14. The highest BCUT2D eigenvalue weighted by molar-refractivity contribution is 5.32. The Morgan fingerprint density at radius 3 is 2.19 bits per heavy atom. The minimum atomic E-state index is -0.405. The van der Waals surface area contributed by atoms with Gasteiger partial charge in [0.15, 0.2) is 0 Å². The van der Waals surface area contributed by atoms with Gasteiger partial charge >= 0.3 is 0 Å². The monoisotopic (exact) mass is 217 g/mol. The fourth-order valence-electron chi connectivity index (χ4n) is 1.85. The van der Waals surface area contributed by atoms with Gasteiger partial charge in [-0.2, -0.15) is 5.26 Å². The van der Waals surface area contributed by atoms with E-state index in [0.717, 1.165) is 24.8 Å². The largest absolute Gasteiger partial charge is 0.388 e. The molecule has 0 saturated heterocycles. The molecule has 86 valence electrons. The molecule has 1 atom stereocenters. The summed E-state index contributed by atoms with van der Waals surface area (Å²) in [5.41, 5.74) is 1.55. The average molecular weight is 217 g/mol. The maximum atomic E-state index is 10.0. The maximum Gasteiger partial charge on any atom is 0.0991 e. The number of rotatable bonds is 5. The summed E-state index contributed by atoms with van der Waals surface area (Å²) in [5, 5.41) is 18.7. The highest BCUT2D eigenvalue weighted by Crippen LogP contribution is 2.25. The Labute approximate surface area is 97.5 Å². The van der Waals surface area contributed by atoms with Crippen molar-refractivity contribution < 1.29 is 5.11 Å². The van der Waals surface area contributed by atoms with Crippen molar-refractivity contribution in [1.29, 1.82) is 5.26 Å². The first-order valence-electron chi connectivity index (χ1n) is 5.89. The molecular formula is C14H19NO. The second-order valence-electron chi connectivity index (χ2n) is 4.17. The summed E-state index contributed by atoms with van der Waals surface area (Å²) in [6.07, 6.45) is 2.60. The van der Waals surface area contributed by atoms with E-state index >= 15 is 0 Å². The summed E-state index contributed by atoms with van der Waals surface area (Å²) in [7, 11) is 0. The molecule has 1 N–H and O–H groups in total. The molecule has 0 aliphatic heterocycles. The SMILES string of the molecule is CCC(CC)CC(O)c1ccc(C#N)cc1. The Balaban J connectivity index is 2.65. The highest BCUT2D eigenvalue weighted by Gasteiger charge is 2.13. The van der Waals surface area contributed by atoms with Gasteiger partial charge in [0.25, 0.3) is 0 Å². The molecular weight excluding hydrogens is 198 g/mol. The van der Waals surface area contributed by atoms with E-state index in [9.17, 15) is 5.11 Å². The third kappa shape index (κ3) is 3.36. The van der Waals surface area contributed by atoms with E-state index in [1.807, 2.05) is 12.1 Å². The van der Waals surface area contributed by atoms with Crippen LogP contribution in [0.2, 0.25) is 0 Å². The van der Waals surface area contributed by atoms with Crippen LogP contribution in [0.3, 0.4) is 0 Å². The minimum Gasteiger partial charge on any atom is -0.388 e. The van der Waals surface area contributed by atoms with Crippen LogP contribution >= 0.6 is 0 Å². The van der Waals surface area contributed by atoms with Gasteiger partial charge in [0.2, 0.25) is 0 Å². The molecule has 0 spiro atoms. The number of benzene rings is 1. The van der Waals surface area contributed by atoms with E-state index in [1.165, 1.54) is 0 Å². The van der Waals surface area contributed by atoms with Gasteiger partial charge in [-0.1, -0.05) is 38.8 Å². The zero-order valence-electron chi connectivity index (χ0n) is 9.98. The van der Waals surface area contributed by atoms with Crippen molar-refractivity contribution in [2.75, 3.05) is 0 Å². The molecule has 0 radical (unpaired) electrons. The normalized spacial score (nSPS) is 12.4. The van der Waals surface area contributed by atoms with Gasteiger partial charge in [-0.3, -0.25) is 0 Å². The first-order valence-corrected chi connectivity index (χ1v) is 5.89. The number of hydrogen-bond donors (Lipinski definition) is 1. The van der Waals surface area contributed by atoms with Crippen molar-refractivity contribution in [3.8, 4) is 6.07 Å². The van der Waals surface area contributed by atoms with E-state index < -0.39 is 6.10 Å². The van der Waals surface area contributed by atoms with E-state index in [2.05, 4.69) is 19.9 Å². The van der Waals surface area contributed by atoms with Gasteiger partial charge in [-0.15, -0.1) is 0 Å². The first kappa shape index (κ1) is 12.7. The van der Waals surface area contributed by atoms with Gasteiger partial charge < -0.3 is 5.11 Å². The molecule has 2 heteroatoms. The molecule has 1 unspecified atom stereocenters. The number of hydrogen-bond acceptors (Lipinski definition) is 2. The van der Waals surface area contributed by atoms with Crippen molar-refractivity contribution >= 4 is 0 Å². The molecule has 1 rings (SSSR count). The van der Waals surface area contributed by atoms with Crippen LogP contribution in [0.25, 0.3) is 0 Å². The molecule has 0 bridgehead atoms. The van der Waals surface area contributed by atoms with Crippen LogP contribution in [-0.4, -0.2) is 5.11 Å². The van der Waals surface area contributed by atoms with Gasteiger partial charge in [-0.25, -0.2) is 0 Å². The summed E-state index contributed by atoms with van der Waals surface area (Å²) in [6, 6.07) is 9.26. The zero-order chi connectivity index (χ0) is 12.0. The predicted molar refractivity (Wildman–Crippen MR) is 64.8 cm³/mol. The second kappa shape index (κ2) is 6.30. The number of aliphatic hydroxyl groups is 1.